The average Bonchev–Trinajstić information content (AvgIpc) is 3.10. The maximum Gasteiger partial charge on any atom is 0.326 e. The van der Waals surface area contributed by atoms with E-state index in [0.717, 1.165) is 43.7 Å². The van der Waals surface area contributed by atoms with Gasteiger partial charge in [-0.05, 0) is 73.5 Å². The summed E-state index contributed by atoms with van der Waals surface area (Å²) < 4.78 is 27.8. The topological polar surface area (TPSA) is 35.6 Å². The minimum Gasteiger partial charge on any atom is -0.307 e. The van der Waals surface area contributed by atoms with Crippen molar-refractivity contribution in [3.05, 3.63) is 95.6 Å². The second-order valence-corrected chi connectivity index (χ2v) is 8.73. The fraction of sp³-hybridized carbons (Fsp3) is 0.269. The van der Waals surface area contributed by atoms with Crippen LogP contribution in [0.25, 0.3) is 0 Å². The molecule has 1 spiro atoms. The van der Waals surface area contributed by atoms with E-state index >= 15 is 0 Å². The van der Waals surface area contributed by atoms with Crippen molar-refractivity contribution in [3.63, 3.8) is 0 Å². The molecule has 2 aliphatic heterocycles. The van der Waals surface area contributed by atoms with Gasteiger partial charge in [-0.3, -0.25) is 9.80 Å². The van der Waals surface area contributed by atoms with Crippen LogP contribution in [0.4, 0.5) is 25.0 Å². The molecule has 3 aromatic carbocycles. The molecule has 4 nitrogen and oxygen atoms in total. The van der Waals surface area contributed by atoms with Crippen molar-refractivity contribution in [1.29, 1.82) is 0 Å². The first-order chi connectivity index (χ1) is 15.5. The number of hydrogen-bond donors (Lipinski definition) is 1. The molecule has 164 valence electrons. The van der Waals surface area contributed by atoms with Gasteiger partial charge in [-0.15, -0.1) is 0 Å². The lowest BCUT2D eigenvalue weighted by Crippen LogP contribution is -2.46. The van der Waals surface area contributed by atoms with E-state index in [2.05, 4.69) is 22.3 Å². The highest BCUT2D eigenvalue weighted by molar-refractivity contribution is 6.03. The number of piperidine rings is 1. The second-order valence-electron chi connectivity index (χ2n) is 8.73. The van der Waals surface area contributed by atoms with Gasteiger partial charge in [0.2, 0.25) is 0 Å². The van der Waals surface area contributed by atoms with Crippen LogP contribution in [0.5, 0.6) is 0 Å². The summed E-state index contributed by atoms with van der Waals surface area (Å²) in [5.74, 6) is -0.698. The molecule has 6 heteroatoms. The molecule has 0 atom stereocenters. The smallest absolute Gasteiger partial charge is 0.307 e. The van der Waals surface area contributed by atoms with E-state index < -0.39 is 5.82 Å². The second kappa shape index (κ2) is 8.36. The summed E-state index contributed by atoms with van der Waals surface area (Å²) in [6, 6.07) is 20.5. The van der Waals surface area contributed by atoms with E-state index in [0.29, 0.717) is 12.2 Å². The van der Waals surface area contributed by atoms with Crippen LogP contribution in [0.1, 0.15) is 24.0 Å². The number of fused-ring (bicyclic) bond motifs is 2. The van der Waals surface area contributed by atoms with Crippen LogP contribution >= 0.6 is 0 Å². The van der Waals surface area contributed by atoms with Crippen molar-refractivity contribution >= 4 is 17.4 Å². The number of carbonyl (C=O) groups excluding carboxylic acids is 1. The number of rotatable bonds is 3. The first kappa shape index (κ1) is 20.6. The lowest BCUT2D eigenvalue weighted by Gasteiger charge is -2.40. The van der Waals surface area contributed by atoms with Gasteiger partial charge in [0.25, 0.3) is 0 Å². The molecule has 0 radical (unpaired) electrons. The van der Waals surface area contributed by atoms with Crippen molar-refractivity contribution < 1.29 is 13.6 Å². The zero-order valence-corrected chi connectivity index (χ0v) is 17.7. The molecule has 2 amide bonds. The molecule has 0 aliphatic carbocycles. The predicted octanol–water partition coefficient (Wildman–Crippen LogP) is 5.55. The summed E-state index contributed by atoms with van der Waals surface area (Å²) >= 11 is 0. The van der Waals surface area contributed by atoms with Gasteiger partial charge in [0.05, 0.1) is 0 Å². The summed E-state index contributed by atoms with van der Waals surface area (Å²) in [6.45, 7) is 3.14. The van der Waals surface area contributed by atoms with Crippen molar-refractivity contribution in [3.8, 4) is 0 Å². The van der Waals surface area contributed by atoms with E-state index in [1.807, 2.05) is 18.2 Å². The maximum atomic E-state index is 14.2. The van der Waals surface area contributed by atoms with Gasteiger partial charge in [0, 0.05) is 29.9 Å². The molecule has 32 heavy (non-hydrogen) atoms. The first-order valence-corrected chi connectivity index (χ1v) is 10.9. The minimum absolute atomic E-state index is 0.274. The fourth-order valence-corrected chi connectivity index (χ4v) is 4.99. The zero-order valence-electron chi connectivity index (χ0n) is 17.7. The van der Waals surface area contributed by atoms with Crippen molar-refractivity contribution in [2.75, 3.05) is 29.9 Å². The monoisotopic (exact) mass is 433 g/mol. The van der Waals surface area contributed by atoms with Crippen LogP contribution in [0.3, 0.4) is 0 Å². The van der Waals surface area contributed by atoms with Crippen LogP contribution < -0.4 is 10.2 Å². The molecule has 3 aromatic rings. The Kier molecular flexibility index (Phi) is 5.39. The van der Waals surface area contributed by atoms with Crippen LogP contribution in [0.2, 0.25) is 0 Å². The molecule has 1 fully saturated rings. The Labute approximate surface area is 186 Å². The predicted molar refractivity (Wildman–Crippen MR) is 122 cm³/mol. The van der Waals surface area contributed by atoms with Crippen LogP contribution in [-0.4, -0.2) is 30.6 Å². The highest BCUT2D eigenvalue weighted by Gasteiger charge is 2.46. The molecule has 5 rings (SSSR count). The lowest BCUT2D eigenvalue weighted by atomic mass is 9.74. The number of carbonyl (C=O) groups is 1. The summed E-state index contributed by atoms with van der Waals surface area (Å²) in [5, 5.41) is 2.79. The van der Waals surface area contributed by atoms with Gasteiger partial charge in [0.1, 0.15) is 11.6 Å². The van der Waals surface area contributed by atoms with E-state index in [-0.39, 0.29) is 17.3 Å². The average molecular weight is 434 g/mol. The molecule has 0 aromatic heterocycles. The number of urea groups is 1. The number of amides is 2. The Balaban J connectivity index is 1.35. The molecule has 0 bridgehead atoms. The molecule has 0 unspecified atom stereocenters. The van der Waals surface area contributed by atoms with Crippen molar-refractivity contribution in [2.24, 2.45) is 0 Å². The Hall–Kier alpha value is -3.25. The third-order valence-electron chi connectivity index (χ3n) is 6.66. The molecule has 1 saturated heterocycles. The van der Waals surface area contributed by atoms with Gasteiger partial charge in [-0.1, -0.05) is 36.4 Å². The third kappa shape index (κ3) is 3.98. The van der Waals surface area contributed by atoms with E-state index in [1.54, 1.807) is 29.2 Å². The Morgan fingerprint density at radius 2 is 1.66 bits per heavy atom. The van der Waals surface area contributed by atoms with Gasteiger partial charge in [0.15, 0.2) is 0 Å². The molecule has 2 aliphatic rings. The van der Waals surface area contributed by atoms with Gasteiger partial charge in [-0.25, -0.2) is 13.6 Å². The maximum absolute atomic E-state index is 14.2. The summed E-state index contributed by atoms with van der Waals surface area (Å²) in [6.07, 6.45) is 1.69. The van der Waals surface area contributed by atoms with Gasteiger partial charge >= 0.3 is 6.03 Å². The Bertz CT molecular complexity index is 1130. The van der Waals surface area contributed by atoms with E-state index in [4.69, 9.17) is 0 Å². The fourth-order valence-electron chi connectivity index (χ4n) is 4.99. The first-order valence-electron chi connectivity index (χ1n) is 10.9. The largest absolute Gasteiger partial charge is 0.326 e. The van der Waals surface area contributed by atoms with Crippen LogP contribution in [0, 0.1) is 11.6 Å². The Morgan fingerprint density at radius 1 is 0.906 bits per heavy atom. The Morgan fingerprint density at radius 3 is 2.41 bits per heavy atom. The lowest BCUT2D eigenvalue weighted by molar-refractivity contribution is 0.160. The number of benzene rings is 3. The molecular formula is C26H25F2N3O. The quantitative estimate of drug-likeness (QED) is 0.588. The highest BCUT2D eigenvalue weighted by Crippen LogP contribution is 2.47. The summed E-state index contributed by atoms with van der Waals surface area (Å²) in [7, 11) is 0. The highest BCUT2D eigenvalue weighted by atomic mass is 19.1. The van der Waals surface area contributed by atoms with Gasteiger partial charge < -0.3 is 5.32 Å². The molecular weight excluding hydrogens is 408 g/mol. The number of halogens is 2. The van der Waals surface area contributed by atoms with Gasteiger partial charge in [-0.2, -0.15) is 0 Å². The normalized spacial score (nSPS) is 17.4. The standard InChI is InChI=1S/C26H25F2N3O/c27-20-7-4-8-22(15-20)29-25(32)31-18-26(23-16-21(28)9-10-24(23)31)11-13-30(14-12-26)17-19-5-2-1-3-6-19/h1-10,15-16H,11-14,17-18H2,(H,29,32). The van der Waals surface area contributed by atoms with E-state index in [9.17, 15) is 13.6 Å². The third-order valence-corrected chi connectivity index (χ3v) is 6.66. The minimum atomic E-state index is -0.408. The summed E-state index contributed by atoms with van der Waals surface area (Å²) in [5.41, 5.74) is 3.03. The van der Waals surface area contributed by atoms with E-state index in [1.165, 1.54) is 23.8 Å². The molecule has 1 N–H and O–H groups in total. The van der Waals surface area contributed by atoms with Crippen LogP contribution in [-0.2, 0) is 12.0 Å². The van der Waals surface area contributed by atoms with Crippen LogP contribution in [0.15, 0.2) is 72.8 Å². The van der Waals surface area contributed by atoms with Crippen molar-refractivity contribution in [2.45, 2.75) is 24.8 Å². The van der Waals surface area contributed by atoms with Crippen molar-refractivity contribution in [1.82, 2.24) is 4.90 Å². The number of nitrogens with zero attached hydrogens (tertiary/aromatic N) is 2. The number of nitrogens with one attached hydrogen (secondary N) is 1. The number of likely N-dealkylation sites (tertiary alicyclic amines) is 1. The molecule has 2 heterocycles. The number of anilines is 2. The zero-order chi connectivity index (χ0) is 22.1. The number of hydrogen-bond acceptors (Lipinski definition) is 2. The summed E-state index contributed by atoms with van der Waals surface area (Å²) in [4.78, 5) is 17.2. The SMILES string of the molecule is O=C(Nc1cccc(F)c1)N1CC2(CCN(Cc3ccccc3)CC2)c2cc(F)ccc21. The molecule has 0 saturated carbocycles.